The molecule has 0 aliphatic rings. The topological polar surface area (TPSA) is 110 Å². The third-order valence-corrected chi connectivity index (χ3v) is 2.45. The van der Waals surface area contributed by atoms with E-state index in [1.807, 2.05) is 6.92 Å². The molecule has 0 spiro atoms. The molecule has 1 aromatic carbocycles. The summed E-state index contributed by atoms with van der Waals surface area (Å²) in [4.78, 5) is 22.1. The van der Waals surface area contributed by atoms with Crippen LogP contribution in [-0.4, -0.2) is 18.0 Å². The number of hydrogen-bond donors (Lipinski definition) is 4. The zero-order chi connectivity index (χ0) is 13.7. The van der Waals surface area contributed by atoms with Crippen LogP contribution in [0.15, 0.2) is 24.3 Å². The molecule has 1 aromatic rings. The van der Waals surface area contributed by atoms with E-state index in [0.717, 1.165) is 5.56 Å². The number of amides is 3. The lowest BCUT2D eigenvalue weighted by Gasteiger charge is -2.16. The van der Waals surface area contributed by atoms with E-state index >= 15 is 0 Å². The minimum atomic E-state index is -0.610. The van der Waals surface area contributed by atoms with Crippen LogP contribution in [0.25, 0.3) is 0 Å². The number of carbonyl (C=O) groups excluding carboxylic acids is 2. The molecule has 0 saturated heterocycles. The van der Waals surface area contributed by atoms with E-state index in [-0.39, 0.29) is 24.4 Å². The highest BCUT2D eigenvalue weighted by Gasteiger charge is 2.12. The second kappa shape index (κ2) is 7.60. The molecule has 106 valence electrons. The van der Waals surface area contributed by atoms with Gasteiger partial charge in [0.15, 0.2) is 0 Å². The molecule has 1 rings (SSSR count). The van der Waals surface area contributed by atoms with Crippen LogP contribution >= 0.6 is 12.4 Å². The van der Waals surface area contributed by atoms with Gasteiger partial charge in [0.1, 0.15) is 0 Å². The molecule has 0 aliphatic carbocycles. The Hall–Kier alpha value is -1.79. The summed E-state index contributed by atoms with van der Waals surface area (Å²) in [6.07, 6.45) is 0. The van der Waals surface area contributed by atoms with Crippen LogP contribution in [0, 0.1) is 0 Å². The van der Waals surface area contributed by atoms with Gasteiger partial charge in [-0.05, 0) is 31.5 Å². The van der Waals surface area contributed by atoms with Crippen molar-refractivity contribution >= 4 is 30.0 Å². The van der Waals surface area contributed by atoms with Crippen molar-refractivity contribution in [3.05, 3.63) is 29.8 Å². The normalized spacial score (nSPS) is 12.8. The van der Waals surface area contributed by atoms with Crippen molar-refractivity contribution in [3.63, 3.8) is 0 Å². The molecule has 0 radical (unpaired) electrons. The third kappa shape index (κ3) is 5.58. The summed E-state index contributed by atoms with van der Waals surface area (Å²) in [6, 6.07) is 5.74. The number of carbonyl (C=O) groups is 2. The van der Waals surface area contributed by atoms with E-state index in [1.54, 1.807) is 31.2 Å². The van der Waals surface area contributed by atoms with Crippen LogP contribution in [0.2, 0.25) is 0 Å². The molecule has 0 heterocycles. The number of halogens is 1. The zero-order valence-electron chi connectivity index (χ0n) is 10.8. The summed E-state index contributed by atoms with van der Waals surface area (Å²) in [5.41, 5.74) is 12.0. The van der Waals surface area contributed by atoms with Crippen LogP contribution in [-0.2, 0) is 4.79 Å². The molecule has 0 aliphatic heterocycles. The van der Waals surface area contributed by atoms with Gasteiger partial charge in [-0.25, -0.2) is 4.79 Å². The average molecular weight is 287 g/mol. The van der Waals surface area contributed by atoms with Crippen LogP contribution in [0.5, 0.6) is 0 Å². The highest BCUT2D eigenvalue weighted by atomic mass is 35.5. The molecule has 6 nitrogen and oxygen atoms in total. The second-order valence-electron chi connectivity index (χ2n) is 4.13. The van der Waals surface area contributed by atoms with Gasteiger partial charge in [0.05, 0.1) is 12.1 Å². The Morgan fingerprint density at radius 3 is 2.11 bits per heavy atom. The van der Waals surface area contributed by atoms with Crippen molar-refractivity contribution in [2.75, 3.05) is 5.32 Å². The summed E-state index contributed by atoms with van der Waals surface area (Å²) in [5.74, 6) is -0.207. The van der Waals surface area contributed by atoms with Gasteiger partial charge in [0.2, 0.25) is 5.91 Å². The molecule has 0 aromatic heterocycles. The summed E-state index contributed by atoms with van der Waals surface area (Å²) in [6.45, 7) is 3.48. The second-order valence-corrected chi connectivity index (χ2v) is 4.13. The minimum absolute atomic E-state index is 0. The van der Waals surface area contributed by atoms with E-state index < -0.39 is 12.1 Å². The van der Waals surface area contributed by atoms with Crippen LogP contribution < -0.4 is 22.1 Å². The first-order valence-corrected chi connectivity index (χ1v) is 5.62. The lowest BCUT2D eigenvalue weighted by atomic mass is 10.1. The SMILES string of the molecule is CC(NC(=O)[C@@H](C)N)c1ccc(NC(N)=O)cc1.Cl. The molecule has 0 fully saturated rings. The molecule has 0 saturated carbocycles. The molecule has 0 bridgehead atoms. The maximum absolute atomic E-state index is 11.4. The Morgan fingerprint density at radius 2 is 1.68 bits per heavy atom. The van der Waals surface area contributed by atoms with Gasteiger partial charge in [0.25, 0.3) is 0 Å². The predicted molar refractivity (Wildman–Crippen MR) is 77.1 cm³/mol. The van der Waals surface area contributed by atoms with Crippen molar-refractivity contribution in [1.82, 2.24) is 5.32 Å². The minimum Gasteiger partial charge on any atom is -0.351 e. The van der Waals surface area contributed by atoms with Gasteiger partial charge < -0.3 is 22.1 Å². The summed E-state index contributed by atoms with van der Waals surface area (Å²) >= 11 is 0. The standard InChI is InChI=1S/C12H18N4O2.ClH/c1-7(13)11(17)15-8(2)9-3-5-10(6-4-9)16-12(14)18;/h3-8H,13H2,1-2H3,(H,15,17)(H3,14,16,18);1H/t7-,8?;/m1./s1. The molecule has 19 heavy (non-hydrogen) atoms. The Kier molecular flexibility index (Phi) is 6.89. The van der Waals surface area contributed by atoms with Crippen molar-refractivity contribution in [3.8, 4) is 0 Å². The quantitative estimate of drug-likeness (QED) is 0.665. The number of anilines is 1. The van der Waals surface area contributed by atoms with Gasteiger partial charge >= 0.3 is 6.03 Å². The average Bonchev–Trinajstić information content (AvgIpc) is 2.28. The maximum Gasteiger partial charge on any atom is 0.316 e. The first kappa shape index (κ1) is 17.2. The van der Waals surface area contributed by atoms with Crippen molar-refractivity contribution in [2.45, 2.75) is 25.9 Å². The van der Waals surface area contributed by atoms with E-state index in [1.165, 1.54) is 0 Å². The summed E-state index contributed by atoms with van der Waals surface area (Å²) in [5, 5.41) is 5.24. The Bertz CT molecular complexity index is 434. The Morgan fingerprint density at radius 1 is 1.16 bits per heavy atom. The highest BCUT2D eigenvalue weighted by molar-refractivity contribution is 5.87. The Balaban J connectivity index is 0.00000324. The highest BCUT2D eigenvalue weighted by Crippen LogP contribution is 2.15. The van der Waals surface area contributed by atoms with Gasteiger partial charge in [-0.15, -0.1) is 12.4 Å². The van der Waals surface area contributed by atoms with Crippen LogP contribution in [0.4, 0.5) is 10.5 Å². The van der Waals surface area contributed by atoms with Gasteiger partial charge in [-0.1, -0.05) is 12.1 Å². The maximum atomic E-state index is 11.4. The predicted octanol–water partition coefficient (Wildman–Crippen LogP) is 1.12. The molecule has 2 atom stereocenters. The number of rotatable bonds is 4. The largest absolute Gasteiger partial charge is 0.351 e. The molecular weight excluding hydrogens is 268 g/mol. The van der Waals surface area contributed by atoms with Gasteiger partial charge in [-0.3, -0.25) is 4.79 Å². The van der Waals surface area contributed by atoms with E-state index in [4.69, 9.17) is 11.5 Å². The monoisotopic (exact) mass is 286 g/mol. The zero-order valence-corrected chi connectivity index (χ0v) is 11.7. The van der Waals surface area contributed by atoms with E-state index in [0.29, 0.717) is 5.69 Å². The molecule has 3 amide bonds. The number of urea groups is 1. The molecular formula is C12H19ClN4O2. The smallest absolute Gasteiger partial charge is 0.316 e. The van der Waals surface area contributed by atoms with Crippen molar-refractivity contribution in [2.24, 2.45) is 11.5 Å². The van der Waals surface area contributed by atoms with Crippen LogP contribution in [0.1, 0.15) is 25.5 Å². The fraction of sp³-hybridized carbons (Fsp3) is 0.333. The van der Waals surface area contributed by atoms with E-state index in [9.17, 15) is 9.59 Å². The number of hydrogen-bond acceptors (Lipinski definition) is 3. The lowest BCUT2D eigenvalue weighted by Crippen LogP contribution is -2.39. The third-order valence-electron chi connectivity index (χ3n) is 2.45. The van der Waals surface area contributed by atoms with Gasteiger partial charge in [0, 0.05) is 5.69 Å². The summed E-state index contributed by atoms with van der Waals surface area (Å²) < 4.78 is 0. The molecule has 1 unspecified atom stereocenters. The number of primary amides is 1. The first-order valence-electron chi connectivity index (χ1n) is 5.62. The molecule has 6 N–H and O–H groups in total. The molecule has 7 heteroatoms. The fourth-order valence-electron chi connectivity index (χ4n) is 1.43. The van der Waals surface area contributed by atoms with Crippen molar-refractivity contribution < 1.29 is 9.59 Å². The Labute approximate surface area is 118 Å². The van der Waals surface area contributed by atoms with Crippen LogP contribution in [0.3, 0.4) is 0 Å². The summed E-state index contributed by atoms with van der Waals surface area (Å²) in [7, 11) is 0. The fourth-order valence-corrected chi connectivity index (χ4v) is 1.43. The first-order chi connectivity index (χ1) is 8.40. The van der Waals surface area contributed by atoms with E-state index in [2.05, 4.69) is 10.6 Å². The van der Waals surface area contributed by atoms with Crippen molar-refractivity contribution in [1.29, 1.82) is 0 Å². The van der Waals surface area contributed by atoms with Gasteiger partial charge in [-0.2, -0.15) is 0 Å². The number of nitrogens with two attached hydrogens (primary N) is 2. The number of benzene rings is 1. The lowest BCUT2D eigenvalue weighted by molar-refractivity contribution is -0.122. The number of nitrogens with one attached hydrogen (secondary N) is 2.